The molecular weight excluding hydrogens is 382 g/mol. The number of aromatic amines is 1. The third-order valence-electron chi connectivity index (χ3n) is 4.17. The van der Waals surface area contributed by atoms with Gasteiger partial charge < -0.3 is 4.98 Å². The molecule has 0 atom stereocenters. The molecule has 4 rings (SSSR count). The molecule has 0 fully saturated rings. The molecule has 8 heteroatoms. The first kappa shape index (κ1) is 17.6. The van der Waals surface area contributed by atoms with Gasteiger partial charge in [-0.1, -0.05) is 30.0 Å². The number of nitrogens with one attached hydrogen (secondary N) is 1. The number of pyridine rings is 2. The predicted octanol–water partition coefficient (Wildman–Crippen LogP) is 4.86. The summed E-state index contributed by atoms with van der Waals surface area (Å²) in [5, 5.41) is 12.3. The monoisotopic (exact) mass is 395 g/mol. The first-order valence-corrected chi connectivity index (χ1v) is 10.0. The number of H-pyrrole nitrogens is 1. The van der Waals surface area contributed by atoms with Crippen LogP contribution < -0.4 is 5.43 Å². The molecule has 134 valence electrons. The average molecular weight is 395 g/mol. The van der Waals surface area contributed by atoms with Crippen LogP contribution in [0.5, 0.6) is 0 Å². The van der Waals surface area contributed by atoms with E-state index in [9.17, 15) is 14.9 Å². The van der Waals surface area contributed by atoms with Crippen molar-refractivity contribution < 1.29 is 4.92 Å². The molecule has 4 aromatic rings. The van der Waals surface area contributed by atoms with Gasteiger partial charge in [0, 0.05) is 45.2 Å². The van der Waals surface area contributed by atoms with Crippen LogP contribution >= 0.6 is 23.5 Å². The lowest BCUT2D eigenvalue weighted by Gasteiger charge is -2.10. The van der Waals surface area contributed by atoms with Crippen LogP contribution in [0.1, 0.15) is 0 Å². The minimum atomic E-state index is -0.499. The Kier molecular flexibility index (Phi) is 4.59. The van der Waals surface area contributed by atoms with Crippen LogP contribution in [0.2, 0.25) is 0 Å². The Morgan fingerprint density at radius 3 is 2.70 bits per heavy atom. The van der Waals surface area contributed by atoms with Crippen LogP contribution in [0.4, 0.5) is 5.69 Å². The SMILES string of the molecule is CSc1cnc2ccccc2c1Sc1c[nH]c2ccc([N+](=O)[O-])cc2c1=O. The smallest absolute Gasteiger partial charge is 0.270 e. The molecule has 2 heterocycles. The highest BCUT2D eigenvalue weighted by molar-refractivity contribution is 8.02. The molecule has 0 aliphatic heterocycles. The molecule has 0 spiro atoms. The molecule has 0 aliphatic rings. The summed E-state index contributed by atoms with van der Waals surface area (Å²) in [4.78, 5) is 33.4. The van der Waals surface area contributed by atoms with E-state index in [0.29, 0.717) is 15.8 Å². The number of nitro benzene ring substituents is 1. The van der Waals surface area contributed by atoms with Gasteiger partial charge in [-0.25, -0.2) is 0 Å². The summed E-state index contributed by atoms with van der Waals surface area (Å²) in [6.07, 6.45) is 5.42. The summed E-state index contributed by atoms with van der Waals surface area (Å²) in [7, 11) is 0. The van der Waals surface area contributed by atoms with Gasteiger partial charge >= 0.3 is 0 Å². The van der Waals surface area contributed by atoms with E-state index < -0.39 is 4.92 Å². The number of hydrogen-bond donors (Lipinski definition) is 1. The molecular formula is C19H13N3O3S2. The Morgan fingerprint density at radius 2 is 1.93 bits per heavy atom. The van der Waals surface area contributed by atoms with Crippen molar-refractivity contribution in [1.29, 1.82) is 0 Å². The highest BCUT2D eigenvalue weighted by Gasteiger charge is 2.15. The lowest BCUT2D eigenvalue weighted by molar-refractivity contribution is -0.384. The first-order valence-electron chi connectivity index (χ1n) is 7.98. The largest absolute Gasteiger partial charge is 0.360 e. The van der Waals surface area contributed by atoms with Crippen molar-refractivity contribution in [2.24, 2.45) is 0 Å². The minimum Gasteiger partial charge on any atom is -0.360 e. The van der Waals surface area contributed by atoms with Crippen LogP contribution in [0.15, 0.2) is 74.3 Å². The standard InChI is InChI=1S/C19H13N3O3S2/c1-26-17-10-21-14-5-3-2-4-12(14)19(17)27-16-9-20-15-7-6-11(22(24)25)8-13(15)18(16)23/h2-10H,1H3,(H,20,23). The number of benzene rings is 2. The van der Waals surface area contributed by atoms with Gasteiger partial charge in [0.15, 0.2) is 0 Å². The maximum Gasteiger partial charge on any atom is 0.270 e. The number of nitrogens with zero attached hydrogens (tertiary/aromatic N) is 2. The molecule has 0 amide bonds. The van der Waals surface area contributed by atoms with Gasteiger partial charge in [-0.15, -0.1) is 11.8 Å². The molecule has 6 nitrogen and oxygen atoms in total. The summed E-state index contributed by atoms with van der Waals surface area (Å²) in [6, 6.07) is 12.0. The topological polar surface area (TPSA) is 88.9 Å². The second-order valence-corrected chi connectivity index (χ2v) is 7.64. The second kappa shape index (κ2) is 7.05. The van der Waals surface area contributed by atoms with Crippen LogP contribution in [-0.2, 0) is 0 Å². The lowest BCUT2D eigenvalue weighted by atomic mass is 10.2. The molecule has 0 radical (unpaired) electrons. The molecule has 27 heavy (non-hydrogen) atoms. The van der Waals surface area contributed by atoms with Gasteiger partial charge in [0.2, 0.25) is 5.43 Å². The highest BCUT2D eigenvalue weighted by atomic mass is 32.2. The Balaban J connectivity index is 1.89. The van der Waals surface area contributed by atoms with Crippen LogP contribution in [0.3, 0.4) is 0 Å². The zero-order valence-corrected chi connectivity index (χ0v) is 15.8. The van der Waals surface area contributed by atoms with Gasteiger partial charge in [0.1, 0.15) is 0 Å². The van der Waals surface area contributed by atoms with Crippen LogP contribution in [0, 0.1) is 10.1 Å². The van der Waals surface area contributed by atoms with Gasteiger partial charge in [-0.05, 0) is 18.4 Å². The number of rotatable bonds is 4. The summed E-state index contributed by atoms with van der Waals surface area (Å²) in [5.41, 5.74) is 1.09. The first-order chi connectivity index (χ1) is 13.1. The average Bonchev–Trinajstić information content (AvgIpc) is 2.70. The van der Waals surface area contributed by atoms with Gasteiger partial charge in [0.05, 0.1) is 20.7 Å². The Morgan fingerprint density at radius 1 is 1.11 bits per heavy atom. The van der Waals surface area contributed by atoms with Crippen molar-refractivity contribution in [3.05, 3.63) is 75.2 Å². The van der Waals surface area contributed by atoms with Gasteiger partial charge in [-0.3, -0.25) is 19.9 Å². The summed E-state index contributed by atoms with van der Waals surface area (Å²) in [5.74, 6) is 0. The number of hydrogen-bond acceptors (Lipinski definition) is 6. The zero-order valence-electron chi connectivity index (χ0n) is 14.1. The fourth-order valence-corrected chi connectivity index (χ4v) is 4.64. The third kappa shape index (κ3) is 3.17. The second-order valence-electron chi connectivity index (χ2n) is 5.74. The predicted molar refractivity (Wildman–Crippen MR) is 109 cm³/mol. The van der Waals surface area contributed by atoms with Crippen LogP contribution in [-0.4, -0.2) is 21.1 Å². The van der Waals surface area contributed by atoms with E-state index in [1.165, 1.54) is 23.9 Å². The number of fused-ring (bicyclic) bond motifs is 2. The number of non-ortho nitro benzene ring substituents is 1. The molecule has 0 bridgehead atoms. The normalized spacial score (nSPS) is 11.1. The number of aromatic nitrogens is 2. The van der Waals surface area contributed by atoms with Crippen molar-refractivity contribution in [1.82, 2.24) is 9.97 Å². The Labute approximate surface area is 162 Å². The fourth-order valence-electron chi connectivity index (χ4n) is 2.84. The molecule has 0 aliphatic carbocycles. The van der Waals surface area contributed by atoms with Crippen LogP contribution in [0.25, 0.3) is 21.8 Å². The van der Waals surface area contributed by atoms with E-state index >= 15 is 0 Å². The van der Waals surface area contributed by atoms with Gasteiger partial charge in [-0.2, -0.15) is 0 Å². The van der Waals surface area contributed by atoms with Crippen molar-refractivity contribution in [3.8, 4) is 0 Å². The Bertz CT molecular complexity index is 1250. The lowest BCUT2D eigenvalue weighted by Crippen LogP contribution is -2.06. The molecule has 0 saturated heterocycles. The van der Waals surface area contributed by atoms with Crippen molar-refractivity contribution in [2.45, 2.75) is 14.7 Å². The molecule has 1 N–H and O–H groups in total. The fraction of sp³-hybridized carbons (Fsp3) is 0.0526. The quantitative estimate of drug-likeness (QED) is 0.302. The van der Waals surface area contributed by atoms with Crippen molar-refractivity contribution >= 4 is 51.0 Å². The minimum absolute atomic E-state index is 0.102. The molecule has 2 aromatic heterocycles. The maximum atomic E-state index is 13.0. The van der Waals surface area contributed by atoms with E-state index in [1.807, 2.05) is 30.5 Å². The summed E-state index contributed by atoms with van der Waals surface area (Å²) >= 11 is 2.91. The summed E-state index contributed by atoms with van der Waals surface area (Å²) in [6.45, 7) is 0. The molecule has 0 saturated carbocycles. The number of nitro groups is 1. The zero-order chi connectivity index (χ0) is 19.0. The van der Waals surface area contributed by atoms with E-state index in [-0.39, 0.29) is 11.1 Å². The number of para-hydroxylation sites is 1. The number of thioether (sulfide) groups is 1. The Hall–Kier alpha value is -2.84. The highest BCUT2D eigenvalue weighted by Crippen LogP contribution is 2.38. The summed E-state index contributed by atoms with van der Waals surface area (Å²) < 4.78 is 0. The van der Waals surface area contributed by atoms with Gasteiger partial charge in [0.25, 0.3) is 5.69 Å². The third-order valence-corrected chi connectivity index (χ3v) is 6.21. The molecule has 2 aromatic carbocycles. The van der Waals surface area contributed by atoms with E-state index in [2.05, 4.69) is 9.97 Å². The van der Waals surface area contributed by atoms with E-state index in [0.717, 1.165) is 20.7 Å². The van der Waals surface area contributed by atoms with E-state index in [4.69, 9.17) is 0 Å². The maximum absolute atomic E-state index is 13.0. The van der Waals surface area contributed by atoms with Crippen molar-refractivity contribution in [2.75, 3.05) is 6.26 Å². The van der Waals surface area contributed by atoms with Crippen molar-refractivity contribution in [3.63, 3.8) is 0 Å². The van der Waals surface area contributed by atoms with E-state index in [1.54, 1.807) is 30.2 Å². The molecule has 0 unspecified atom stereocenters.